The average molecular weight is 770 g/mol. The predicted molar refractivity (Wildman–Crippen MR) is 202 cm³/mol. The molecular weight excluding hydrogens is 732 g/mol. The Hall–Kier alpha value is -1.55. The van der Waals surface area contributed by atoms with E-state index in [2.05, 4.69) is 82.6 Å². The van der Waals surface area contributed by atoms with Crippen LogP contribution in [-0.2, 0) is 26.2 Å². The first kappa shape index (κ1) is 40.6. The van der Waals surface area contributed by atoms with Crippen molar-refractivity contribution in [1.82, 2.24) is 24.6 Å². The molecule has 0 fully saturated rings. The van der Waals surface area contributed by atoms with Gasteiger partial charge >= 0.3 is 0 Å². The first-order valence-electron chi connectivity index (χ1n) is 16.0. The number of aromatic nitrogens is 1. The molecule has 0 aliphatic carbocycles. The van der Waals surface area contributed by atoms with E-state index >= 15 is 0 Å². The van der Waals surface area contributed by atoms with Crippen LogP contribution in [0.25, 0.3) is 11.3 Å². The van der Waals surface area contributed by atoms with Crippen LogP contribution in [0, 0.1) is 19.4 Å². The summed E-state index contributed by atoms with van der Waals surface area (Å²) in [7, 11) is 41.6. The van der Waals surface area contributed by atoms with Crippen LogP contribution < -0.4 is 0 Å². The van der Waals surface area contributed by atoms with Crippen molar-refractivity contribution in [3.8, 4) is 11.3 Å². The molecule has 1 aromatic carbocycles. The first-order valence-corrected chi connectivity index (χ1v) is 16.0. The summed E-state index contributed by atoms with van der Waals surface area (Å²) in [5.74, 6) is 0. The van der Waals surface area contributed by atoms with Crippen molar-refractivity contribution in [1.29, 1.82) is 0 Å². The second-order valence-electron chi connectivity index (χ2n) is 11.6. The standard InChI is InChI=1S/C17H30N4.C12H7B11N.Pt/c1-3-5-8-18-12-14-20(16-18)10-7-11-21-15-13-19(17-21)9-6-4-2;13-20(14)12(21(15)16,22(17)23(18)19)10-6-7-11(24-8-10)9-4-2-1-3-5-9;/h12-17H,3-11H2,1-2H3;1-4,6-8H;/q-2;-1;. The van der Waals surface area contributed by atoms with Gasteiger partial charge in [0.05, 0.1) is 0 Å². The summed E-state index contributed by atoms with van der Waals surface area (Å²) < 4.78 is 0. The summed E-state index contributed by atoms with van der Waals surface area (Å²) in [6.07, 6.45) is 15.6. The monoisotopic (exact) mass is 771 g/mol. The Morgan fingerprint density at radius 1 is 0.717 bits per heavy atom. The van der Waals surface area contributed by atoms with Gasteiger partial charge in [-0.25, -0.2) is 0 Å². The van der Waals surface area contributed by atoms with Crippen LogP contribution in [0.3, 0.4) is 0 Å². The summed E-state index contributed by atoms with van der Waals surface area (Å²) in [6.45, 7) is 10.6. The van der Waals surface area contributed by atoms with Crippen molar-refractivity contribution in [2.75, 3.05) is 26.2 Å². The minimum absolute atomic E-state index is 0. The Bertz CT molecular complexity index is 1140. The number of benzene rings is 1. The molecule has 0 amide bonds. The van der Waals surface area contributed by atoms with E-state index in [9.17, 15) is 0 Å². The number of rotatable bonds is 16. The molecule has 2 aromatic rings. The Morgan fingerprint density at radius 2 is 1.22 bits per heavy atom. The van der Waals surface area contributed by atoms with Crippen molar-refractivity contribution in [3.63, 3.8) is 0 Å². The third-order valence-corrected chi connectivity index (χ3v) is 8.18. The molecule has 4 rings (SSSR count). The van der Waals surface area contributed by atoms with Gasteiger partial charge < -0.3 is 24.6 Å². The van der Waals surface area contributed by atoms with Crippen LogP contribution in [0.1, 0.15) is 51.5 Å². The topological polar surface area (TPSA) is 25.9 Å². The number of nitrogens with zero attached hydrogens (tertiary/aromatic N) is 5. The van der Waals surface area contributed by atoms with Crippen LogP contribution in [0.5, 0.6) is 0 Å². The summed E-state index contributed by atoms with van der Waals surface area (Å²) in [5, 5.41) is -1.22. The fraction of sp³-hybridized carbons (Fsp3) is 0.414. The molecular formula is C29H37B11N5Pt-3. The number of unbranched alkanes of at least 4 members (excludes halogenated alkanes) is 2. The Kier molecular flexibility index (Phi) is 18.3. The molecule has 5 nitrogen and oxygen atoms in total. The molecule has 0 N–H and O–H groups in total. The van der Waals surface area contributed by atoms with Crippen molar-refractivity contribution < 1.29 is 21.1 Å². The molecule has 0 spiro atoms. The van der Waals surface area contributed by atoms with Gasteiger partial charge in [0.15, 0.2) is 0 Å². The quantitative estimate of drug-likeness (QED) is 0.191. The van der Waals surface area contributed by atoms with Crippen LogP contribution >= 0.6 is 0 Å². The molecule has 0 bridgehead atoms. The molecule has 0 unspecified atom stereocenters. The van der Waals surface area contributed by atoms with Gasteiger partial charge in [-0.1, -0.05) is 44.4 Å². The van der Waals surface area contributed by atoms with Gasteiger partial charge in [0, 0.05) is 107 Å². The van der Waals surface area contributed by atoms with Crippen LogP contribution in [0.15, 0.2) is 67.4 Å². The maximum atomic E-state index is 6.17. The largest absolute Gasteiger partial charge is 0.508 e. The smallest absolute Gasteiger partial charge is 0.0378 e. The number of pyridine rings is 1. The third kappa shape index (κ3) is 11.3. The van der Waals surface area contributed by atoms with E-state index < -0.39 is 31.0 Å². The Labute approximate surface area is 305 Å². The zero-order chi connectivity index (χ0) is 32.8. The van der Waals surface area contributed by atoms with Crippen molar-refractivity contribution >= 4 is 80.0 Å². The zero-order valence-corrected chi connectivity index (χ0v) is 29.5. The minimum atomic E-state index is -1.22. The van der Waals surface area contributed by atoms with Gasteiger partial charge in [-0.15, -0.1) is 41.0 Å². The van der Waals surface area contributed by atoms with E-state index in [1.165, 1.54) is 32.1 Å². The van der Waals surface area contributed by atoms with E-state index in [-0.39, 0.29) is 21.1 Å². The van der Waals surface area contributed by atoms with Gasteiger partial charge in [0.2, 0.25) is 0 Å². The fourth-order valence-corrected chi connectivity index (χ4v) is 5.45. The normalized spacial score (nSPS) is 13.7. The molecule has 224 valence electrons. The zero-order valence-electron chi connectivity index (χ0n) is 27.3. The first-order chi connectivity index (χ1) is 21.6. The summed E-state index contributed by atoms with van der Waals surface area (Å²) >= 11 is 0. The molecule has 3 heterocycles. The SMILES string of the molecule is CCCCN1C=CN(CCCN2C=CN(CCCC)[CH-]2)[CH-]1.[B]B([B])B([B])C(B([B])[B])(B([B])[B])c1ccc(-c2[c-]cccc2)nc1.[Pt]. The van der Waals surface area contributed by atoms with E-state index in [4.69, 9.17) is 54.2 Å². The van der Waals surface area contributed by atoms with E-state index in [0.29, 0.717) is 5.56 Å². The predicted octanol–water partition coefficient (Wildman–Crippen LogP) is 1.51. The number of hydrogen-bond acceptors (Lipinski definition) is 5. The molecule has 1 aromatic heterocycles. The molecule has 46 heavy (non-hydrogen) atoms. The van der Waals surface area contributed by atoms with E-state index in [1.54, 1.807) is 18.3 Å². The van der Waals surface area contributed by atoms with Gasteiger partial charge in [0.25, 0.3) is 0 Å². The maximum absolute atomic E-state index is 6.17. The molecule has 17 heteroatoms. The molecule has 14 radical (unpaired) electrons. The van der Waals surface area contributed by atoms with E-state index in [1.807, 2.05) is 24.3 Å². The molecule has 0 atom stereocenters. The summed E-state index contributed by atoms with van der Waals surface area (Å²) in [4.78, 5) is 13.6. The minimum Gasteiger partial charge on any atom is -0.508 e. The third-order valence-electron chi connectivity index (χ3n) is 8.18. The molecule has 2 aliphatic rings. The Balaban J connectivity index is 0.000000316. The van der Waals surface area contributed by atoms with Gasteiger partial charge in [-0.05, 0) is 75.9 Å². The maximum Gasteiger partial charge on any atom is 0.0378 e. The van der Waals surface area contributed by atoms with Crippen LogP contribution in [0.2, 0.25) is 0 Å². The number of hydrogen-bond donors (Lipinski definition) is 0. The summed E-state index contributed by atoms with van der Waals surface area (Å²) in [6, 6.07) is 14.2. The second-order valence-corrected chi connectivity index (χ2v) is 11.6. The van der Waals surface area contributed by atoms with E-state index in [0.717, 1.165) is 37.4 Å². The molecule has 0 saturated heterocycles. The van der Waals surface area contributed by atoms with Gasteiger partial charge in [-0.3, -0.25) is 0 Å². The van der Waals surface area contributed by atoms with Gasteiger partial charge in [-0.2, -0.15) is 13.3 Å². The molecule has 2 aliphatic heterocycles. The van der Waals surface area contributed by atoms with Crippen LogP contribution in [0.4, 0.5) is 0 Å². The van der Waals surface area contributed by atoms with Gasteiger partial charge in [0.1, 0.15) is 0 Å². The van der Waals surface area contributed by atoms with Crippen molar-refractivity contribution in [2.24, 2.45) is 0 Å². The Morgan fingerprint density at radius 3 is 1.59 bits per heavy atom. The van der Waals surface area contributed by atoms with Crippen molar-refractivity contribution in [2.45, 2.75) is 51.1 Å². The average Bonchev–Trinajstić information content (AvgIpc) is 3.69. The second kappa shape index (κ2) is 20.7. The van der Waals surface area contributed by atoms with Crippen molar-refractivity contribution in [3.05, 3.63) is 92.4 Å². The van der Waals surface area contributed by atoms with Crippen LogP contribution in [-0.4, -0.2) is 131 Å². The summed E-state index contributed by atoms with van der Waals surface area (Å²) in [5.41, 5.74) is 2.17. The molecule has 0 saturated carbocycles. The fourth-order valence-electron chi connectivity index (χ4n) is 5.45.